The van der Waals surface area contributed by atoms with Gasteiger partial charge in [-0.1, -0.05) is 22.7 Å². The maximum Gasteiger partial charge on any atom is -0.00687 e. The lowest BCUT2D eigenvalue weighted by Gasteiger charge is -1.74. The smallest absolute Gasteiger partial charge is 0.00687 e. The average Bonchev–Trinajstić information content (AvgIpc) is 1.61. The van der Waals surface area contributed by atoms with Crippen molar-refractivity contribution in [3.63, 3.8) is 0 Å². The topological polar surface area (TPSA) is 0 Å². The first-order chi connectivity index (χ1) is 2.91. The Morgan fingerprint density at radius 1 is 1.50 bits per heavy atom. The number of hydrogen-bond acceptors (Lipinski definition) is 0. The van der Waals surface area contributed by atoms with E-state index in [1.54, 1.807) is 7.87 Å². The van der Waals surface area contributed by atoms with Gasteiger partial charge in [0.2, 0.25) is 0 Å². The van der Waals surface area contributed by atoms with Gasteiger partial charge in [-0.15, -0.1) is 0 Å². The van der Waals surface area contributed by atoms with E-state index in [0.29, 0.717) is 0 Å². The van der Waals surface area contributed by atoms with Crippen molar-refractivity contribution in [2.24, 2.45) is 0 Å². The molecule has 0 fully saturated rings. The third-order valence-corrected chi connectivity index (χ3v) is 2.84. The van der Waals surface area contributed by atoms with E-state index >= 15 is 0 Å². The van der Waals surface area contributed by atoms with Crippen molar-refractivity contribution in [3.05, 3.63) is 0 Å². The summed E-state index contributed by atoms with van der Waals surface area (Å²) in [5, 5.41) is 0. The first-order valence-corrected chi connectivity index (χ1v) is 5.30. The first-order valence-electron chi connectivity index (χ1n) is 2.17. The second-order valence-corrected chi connectivity index (χ2v) is 4.24. The van der Waals surface area contributed by atoms with Crippen LogP contribution in [0.15, 0.2) is 0 Å². The van der Waals surface area contributed by atoms with E-state index in [-0.39, 0.29) is 0 Å². The summed E-state index contributed by atoms with van der Waals surface area (Å²) in [5.74, 6) is 0. The van der Waals surface area contributed by atoms with Crippen LogP contribution in [0.5, 0.6) is 0 Å². The van der Waals surface area contributed by atoms with Crippen molar-refractivity contribution in [1.29, 1.82) is 0 Å². The van der Waals surface area contributed by atoms with Crippen LogP contribution >= 0.6 is 15.7 Å². The summed E-state index contributed by atoms with van der Waals surface area (Å²) in [6.07, 6.45) is 2.71. The average molecular weight is 120 g/mol. The molecule has 6 heavy (non-hydrogen) atoms. The molecule has 0 N–H and O–H groups in total. The molecule has 0 spiro atoms. The third kappa shape index (κ3) is 4.60. The van der Waals surface area contributed by atoms with E-state index in [1.807, 2.05) is 0 Å². The Balaban J connectivity index is 2.66. The molecule has 0 nitrogen and oxygen atoms in total. The molecule has 0 bridgehead atoms. The van der Waals surface area contributed by atoms with E-state index in [0.717, 1.165) is 0 Å². The minimum absolute atomic E-state index is 1.34. The monoisotopic (exact) mass is 120 g/mol. The molecule has 0 atom stereocenters. The quantitative estimate of drug-likeness (QED) is 0.491. The SMILES string of the molecule is CCCP=PC. The molecule has 0 radical (unpaired) electrons. The molecular formula is C4H10P2. The van der Waals surface area contributed by atoms with Crippen LogP contribution < -0.4 is 0 Å². The second kappa shape index (κ2) is 5.60. The van der Waals surface area contributed by atoms with E-state index in [1.165, 1.54) is 20.5 Å². The predicted octanol–water partition coefficient (Wildman–Crippen LogP) is 2.83. The van der Waals surface area contributed by atoms with Gasteiger partial charge in [0, 0.05) is 0 Å². The van der Waals surface area contributed by atoms with E-state index in [4.69, 9.17) is 0 Å². The zero-order valence-electron chi connectivity index (χ0n) is 4.31. The summed E-state index contributed by atoms with van der Waals surface area (Å²) in [5.41, 5.74) is 0. The molecule has 0 heterocycles. The summed E-state index contributed by atoms with van der Waals surface area (Å²) >= 11 is 0. The largest absolute Gasteiger partial charge is 0.0797 e. The molecule has 0 rings (SSSR count). The van der Waals surface area contributed by atoms with Crippen LogP contribution in [-0.2, 0) is 0 Å². The van der Waals surface area contributed by atoms with Gasteiger partial charge < -0.3 is 0 Å². The maximum atomic E-state index is 2.22. The Hall–Kier alpha value is 0.600. The third-order valence-electron chi connectivity index (χ3n) is 0.465. The summed E-state index contributed by atoms with van der Waals surface area (Å²) in [7, 11) is 3.10. The molecule has 0 aliphatic heterocycles. The highest BCUT2D eigenvalue weighted by molar-refractivity contribution is 7.83. The standard InChI is InChI=1S/C4H10P2/c1-3-4-6-5-2/h3-4H2,1-2H3. The molecular weight excluding hydrogens is 110 g/mol. The Kier molecular flexibility index (Phi) is 6.16. The van der Waals surface area contributed by atoms with Crippen LogP contribution in [0.25, 0.3) is 0 Å². The van der Waals surface area contributed by atoms with Crippen LogP contribution in [0.2, 0.25) is 0 Å². The molecule has 2 heteroatoms. The Bertz CT molecular complexity index is 40.8. The van der Waals surface area contributed by atoms with E-state index in [9.17, 15) is 0 Å². The molecule has 0 saturated heterocycles. The Morgan fingerprint density at radius 2 is 2.17 bits per heavy atom. The van der Waals surface area contributed by atoms with Crippen molar-refractivity contribution in [1.82, 2.24) is 0 Å². The summed E-state index contributed by atoms with van der Waals surface area (Å²) in [6, 6.07) is 0. The van der Waals surface area contributed by atoms with Gasteiger partial charge >= 0.3 is 0 Å². The Morgan fingerprint density at radius 3 is 2.33 bits per heavy atom. The predicted molar refractivity (Wildman–Crippen MR) is 34.9 cm³/mol. The molecule has 0 aromatic heterocycles. The molecule has 0 saturated carbocycles. The Labute approximate surface area is 42.8 Å². The number of hydrogen-bond donors (Lipinski definition) is 0. The first kappa shape index (κ1) is 6.60. The molecule has 0 aromatic rings. The molecule has 0 aliphatic carbocycles. The summed E-state index contributed by atoms with van der Waals surface area (Å²) < 4.78 is 0. The van der Waals surface area contributed by atoms with Crippen molar-refractivity contribution in [2.75, 3.05) is 12.8 Å². The zero-order chi connectivity index (χ0) is 4.83. The highest BCUT2D eigenvalue weighted by Crippen LogP contribution is 2.10. The highest BCUT2D eigenvalue weighted by atomic mass is 31.7. The van der Waals surface area contributed by atoms with Crippen molar-refractivity contribution >= 4 is 15.7 Å². The van der Waals surface area contributed by atoms with Gasteiger partial charge in [0.25, 0.3) is 0 Å². The van der Waals surface area contributed by atoms with E-state index in [2.05, 4.69) is 13.6 Å². The van der Waals surface area contributed by atoms with Crippen molar-refractivity contribution < 1.29 is 0 Å². The van der Waals surface area contributed by atoms with Crippen molar-refractivity contribution in [3.8, 4) is 0 Å². The van der Waals surface area contributed by atoms with Gasteiger partial charge in [-0.25, -0.2) is 0 Å². The molecule has 0 amide bonds. The lowest BCUT2D eigenvalue weighted by atomic mass is 10.6. The van der Waals surface area contributed by atoms with Crippen LogP contribution in [0.1, 0.15) is 13.3 Å². The maximum absolute atomic E-state index is 2.22. The fourth-order valence-corrected chi connectivity index (χ4v) is 1.80. The van der Waals surface area contributed by atoms with Gasteiger partial charge in [0.1, 0.15) is 0 Å². The minimum atomic E-state index is 1.34. The fraction of sp³-hybridized carbons (Fsp3) is 1.00. The van der Waals surface area contributed by atoms with Crippen LogP contribution in [0, 0.1) is 0 Å². The highest BCUT2D eigenvalue weighted by Gasteiger charge is 1.66. The second-order valence-electron chi connectivity index (χ2n) is 1.07. The lowest BCUT2D eigenvalue weighted by Crippen LogP contribution is -1.56. The van der Waals surface area contributed by atoms with Gasteiger partial charge in [-0.3, -0.25) is 0 Å². The molecule has 36 valence electrons. The van der Waals surface area contributed by atoms with Gasteiger partial charge in [0.15, 0.2) is 0 Å². The zero-order valence-corrected chi connectivity index (χ0v) is 6.10. The van der Waals surface area contributed by atoms with Gasteiger partial charge in [0.05, 0.1) is 0 Å². The van der Waals surface area contributed by atoms with Crippen molar-refractivity contribution in [2.45, 2.75) is 13.3 Å². The normalized spacial score (nSPS) is 10.3. The molecule has 0 aliphatic rings. The van der Waals surface area contributed by atoms with E-state index < -0.39 is 0 Å². The fourth-order valence-electron chi connectivity index (χ4n) is 0.200. The summed E-state index contributed by atoms with van der Waals surface area (Å²) in [6.45, 7) is 4.41. The number of rotatable bonds is 2. The molecule has 0 aromatic carbocycles. The lowest BCUT2D eigenvalue weighted by molar-refractivity contribution is 1.11. The van der Waals surface area contributed by atoms with Crippen LogP contribution in [0.3, 0.4) is 0 Å². The minimum Gasteiger partial charge on any atom is -0.0797 e. The van der Waals surface area contributed by atoms with Crippen LogP contribution in [0.4, 0.5) is 0 Å². The van der Waals surface area contributed by atoms with Crippen LogP contribution in [-0.4, -0.2) is 12.8 Å². The van der Waals surface area contributed by atoms with Gasteiger partial charge in [-0.2, -0.15) is 0 Å². The van der Waals surface area contributed by atoms with Gasteiger partial charge in [-0.05, 0) is 19.2 Å². The summed E-state index contributed by atoms with van der Waals surface area (Å²) in [4.78, 5) is 0. The molecule has 0 unspecified atom stereocenters.